The smallest absolute Gasteiger partial charge is 0.125 e. The maximum Gasteiger partial charge on any atom is 0.125 e. The fourth-order valence-corrected chi connectivity index (χ4v) is 2.49. The zero-order valence-electron chi connectivity index (χ0n) is 12.1. The number of aliphatic hydroxyl groups excluding tert-OH is 1. The standard InChI is InChI=1S/C16H26O2/c1-13(8-12-17)5-9-16(18)10-6-14(7-11-16)15(2,3)4/h8,14,17-18H,6-7,10-12H2,1-4H3/b13-8-. The topological polar surface area (TPSA) is 40.5 Å². The van der Waals surface area contributed by atoms with Crippen molar-refractivity contribution in [1.29, 1.82) is 0 Å². The summed E-state index contributed by atoms with van der Waals surface area (Å²) >= 11 is 0. The van der Waals surface area contributed by atoms with Gasteiger partial charge in [0.15, 0.2) is 0 Å². The maximum atomic E-state index is 10.4. The van der Waals surface area contributed by atoms with Crippen LogP contribution in [-0.4, -0.2) is 22.4 Å². The monoisotopic (exact) mass is 250 g/mol. The first-order valence-corrected chi connectivity index (χ1v) is 6.80. The van der Waals surface area contributed by atoms with Crippen LogP contribution in [0.15, 0.2) is 11.6 Å². The van der Waals surface area contributed by atoms with Gasteiger partial charge in [0.1, 0.15) is 5.60 Å². The normalized spacial score (nSPS) is 29.7. The van der Waals surface area contributed by atoms with E-state index in [1.165, 1.54) is 0 Å². The van der Waals surface area contributed by atoms with Gasteiger partial charge in [0.2, 0.25) is 0 Å². The number of aliphatic hydroxyl groups is 2. The summed E-state index contributed by atoms with van der Waals surface area (Å²) in [6.45, 7) is 8.66. The Hall–Kier alpha value is -0.780. The fourth-order valence-electron chi connectivity index (χ4n) is 2.49. The molecule has 102 valence electrons. The van der Waals surface area contributed by atoms with Crippen LogP contribution in [0.4, 0.5) is 0 Å². The molecule has 0 aromatic heterocycles. The summed E-state index contributed by atoms with van der Waals surface area (Å²) in [5, 5.41) is 19.2. The number of hydrogen-bond donors (Lipinski definition) is 2. The number of allylic oxidation sites excluding steroid dienone is 1. The van der Waals surface area contributed by atoms with E-state index in [2.05, 4.69) is 32.6 Å². The van der Waals surface area contributed by atoms with Crippen LogP contribution in [0.2, 0.25) is 0 Å². The molecule has 1 rings (SSSR count). The molecule has 2 nitrogen and oxygen atoms in total. The lowest BCUT2D eigenvalue weighted by Gasteiger charge is -2.39. The molecular formula is C16H26O2. The summed E-state index contributed by atoms with van der Waals surface area (Å²) in [6.07, 6.45) is 5.26. The molecule has 0 spiro atoms. The highest BCUT2D eigenvalue weighted by Crippen LogP contribution is 2.41. The van der Waals surface area contributed by atoms with Gasteiger partial charge in [-0.3, -0.25) is 0 Å². The quantitative estimate of drug-likeness (QED) is 0.703. The molecular weight excluding hydrogens is 224 g/mol. The summed E-state index contributed by atoms with van der Waals surface area (Å²) in [7, 11) is 0. The largest absolute Gasteiger partial charge is 0.392 e. The maximum absolute atomic E-state index is 10.4. The van der Waals surface area contributed by atoms with Crippen LogP contribution in [0, 0.1) is 23.2 Å². The van der Waals surface area contributed by atoms with Crippen molar-refractivity contribution in [2.75, 3.05) is 6.61 Å². The lowest BCUT2D eigenvalue weighted by Crippen LogP contribution is -2.36. The molecule has 1 saturated carbocycles. The third-order valence-electron chi connectivity index (χ3n) is 3.93. The Morgan fingerprint density at radius 2 is 1.89 bits per heavy atom. The van der Waals surface area contributed by atoms with Crippen LogP contribution in [0.3, 0.4) is 0 Å². The van der Waals surface area contributed by atoms with E-state index < -0.39 is 5.60 Å². The van der Waals surface area contributed by atoms with E-state index in [9.17, 15) is 5.11 Å². The van der Waals surface area contributed by atoms with E-state index in [1.807, 2.05) is 6.92 Å². The van der Waals surface area contributed by atoms with E-state index in [0.29, 0.717) is 11.3 Å². The minimum atomic E-state index is -0.827. The molecule has 0 aromatic carbocycles. The first-order chi connectivity index (χ1) is 8.27. The predicted molar refractivity (Wildman–Crippen MR) is 75.0 cm³/mol. The van der Waals surface area contributed by atoms with E-state index in [0.717, 1.165) is 31.3 Å². The zero-order chi connectivity index (χ0) is 13.8. The Morgan fingerprint density at radius 3 is 2.33 bits per heavy atom. The van der Waals surface area contributed by atoms with Crippen molar-refractivity contribution in [3.05, 3.63) is 11.6 Å². The van der Waals surface area contributed by atoms with Gasteiger partial charge in [0.05, 0.1) is 6.61 Å². The second-order valence-corrected chi connectivity index (χ2v) is 6.49. The summed E-state index contributed by atoms with van der Waals surface area (Å²) in [4.78, 5) is 0. The molecule has 0 amide bonds. The molecule has 0 heterocycles. The van der Waals surface area contributed by atoms with Crippen LogP contribution < -0.4 is 0 Å². The van der Waals surface area contributed by atoms with Crippen molar-refractivity contribution in [1.82, 2.24) is 0 Å². The minimum Gasteiger partial charge on any atom is -0.392 e. The Balaban J connectivity index is 2.63. The van der Waals surface area contributed by atoms with Gasteiger partial charge in [-0.2, -0.15) is 0 Å². The van der Waals surface area contributed by atoms with Gasteiger partial charge in [0.25, 0.3) is 0 Å². The van der Waals surface area contributed by atoms with Crippen LogP contribution in [0.5, 0.6) is 0 Å². The van der Waals surface area contributed by atoms with Crippen LogP contribution >= 0.6 is 0 Å². The summed E-state index contributed by atoms with van der Waals surface area (Å²) < 4.78 is 0. The Morgan fingerprint density at radius 1 is 1.33 bits per heavy atom. The SMILES string of the molecule is C/C(C#CC1(O)CCC(C(C)(C)C)CC1)=C/CO. The van der Waals surface area contributed by atoms with Crippen molar-refractivity contribution < 1.29 is 10.2 Å². The first-order valence-electron chi connectivity index (χ1n) is 6.80. The van der Waals surface area contributed by atoms with E-state index >= 15 is 0 Å². The molecule has 18 heavy (non-hydrogen) atoms. The highest BCUT2D eigenvalue weighted by atomic mass is 16.3. The molecule has 0 aromatic rings. The summed E-state index contributed by atoms with van der Waals surface area (Å²) in [5.41, 5.74) is 0.317. The first kappa shape index (κ1) is 15.3. The lowest BCUT2D eigenvalue weighted by molar-refractivity contribution is 0.0213. The van der Waals surface area contributed by atoms with Gasteiger partial charge >= 0.3 is 0 Å². The fraction of sp³-hybridized carbons (Fsp3) is 0.750. The molecule has 2 N–H and O–H groups in total. The lowest BCUT2D eigenvalue weighted by atomic mass is 9.68. The van der Waals surface area contributed by atoms with E-state index in [4.69, 9.17) is 5.11 Å². The minimum absolute atomic E-state index is 0.00500. The van der Waals surface area contributed by atoms with E-state index in [-0.39, 0.29) is 6.61 Å². The Labute approximate surface area is 111 Å². The highest BCUT2D eigenvalue weighted by Gasteiger charge is 2.36. The van der Waals surface area contributed by atoms with Crippen molar-refractivity contribution in [3.8, 4) is 11.8 Å². The van der Waals surface area contributed by atoms with Gasteiger partial charge in [-0.15, -0.1) is 0 Å². The zero-order valence-corrected chi connectivity index (χ0v) is 12.1. The molecule has 0 aliphatic heterocycles. The average Bonchev–Trinajstić information content (AvgIpc) is 2.26. The van der Waals surface area contributed by atoms with Crippen molar-refractivity contribution in [2.45, 2.75) is 59.0 Å². The van der Waals surface area contributed by atoms with Gasteiger partial charge in [-0.25, -0.2) is 0 Å². The van der Waals surface area contributed by atoms with E-state index in [1.54, 1.807) is 6.08 Å². The van der Waals surface area contributed by atoms with Gasteiger partial charge in [0, 0.05) is 0 Å². The second kappa shape index (κ2) is 5.91. The second-order valence-electron chi connectivity index (χ2n) is 6.49. The predicted octanol–water partition coefficient (Wildman–Crippen LogP) is 2.90. The molecule has 2 heteroatoms. The molecule has 0 saturated heterocycles. The third kappa shape index (κ3) is 4.48. The molecule has 0 atom stereocenters. The van der Waals surface area contributed by atoms with Gasteiger partial charge in [-0.05, 0) is 55.6 Å². The van der Waals surface area contributed by atoms with Crippen molar-refractivity contribution in [3.63, 3.8) is 0 Å². The number of hydrogen-bond acceptors (Lipinski definition) is 2. The number of rotatable bonds is 1. The third-order valence-corrected chi connectivity index (χ3v) is 3.93. The Bertz CT molecular complexity index is 355. The molecule has 1 aliphatic carbocycles. The Kier molecular flexibility index (Phi) is 5.01. The molecule has 0 radical (unpaired) electrons. The average molecular weight is 250 g/mol. The molecule has 1 fully saturated rings. The molecule has 1 aliphatic rings. The summed E-state index contributed by atoms with van der Waals surface area (Å²) in [6, 6.07) is 0. The van der Waals surface area contributed by atoms with Crippen molar-refractivity contribution >= 4 is 0 Å². The van der Waals surface area contributed by atoms with Crippen LogP contribution in [0.1, 0.15) is 53.4 Å². The van der Waals surface area contributed by atoms with Crippen LogP contribution in [0.25, 0.3) is 0 Å². The van der Waals surface area contributed by atoms with Crippen molar-refractivity contribution in [2.24, 2.45) is 11.3 Å². The molecule has 0 unspecified atom stereocenters. The van der Waals surface area contributed by atoms with Gasteiger partial charge in [-0.1, -0.05) is 32.6 Å². The molecule has 0 bridgehead atoms. The van der Waals surface area contributed by atoms with Gasteiger partial charge < -0.3 is 10.2 Å². The highest BCUT2D eigenvalue weighted by molar-refractivity contribution is 5.30. The van der Waals surface area contributed by atoms with Crippen LogP contribution in [-0.2, 0) is 0 Å². The summed E-state index contributed by atoms with van der Waals surface area (Å²) in [5.74, 6) is 6.60.